The molecule has 1 atom stereocenters. The number of amides is 2. The van der Waals surface area contributed by atoms with Gasteiger partial charge in [0.2, 0.25) is 0 Å². The molecule has 1 saturated heterocycles. The summed E-state index contributed by atoms with van der Waals surface area (Å²) in [6.07, 6.45) is 0.617. The van der Waals surface area contributed by atoms with Gasteiger partial charge in [-0.3, -0.25) is 4.90 Å². The largest absolute Gasteiger partial charge is 0.506 e. The topological polar surface area (TPSA) is 94.1 Å². The number of nitrogens with one attached hydrogen (secondary N) is 2. The van der Waals surface area contributed by atoms with Crippen LogP contribution in [0.15, 0.2) is 35.5 Å². The van der Waals surface area contributed by atoms with E-state index in [0.29, 0.717) is 30.8 Å². The molecule has 0 bridgehead atoms. The van der Waals surface area contributed by atoms with Crippen LogP contribution in [0.4, 0.5) is 10.5 Å². The number of hydrogen-bond acceptors (Lipinski definition) is 6. The Balaban J connectivity index is 1.71. The van der Waals surface area contributed by atoms with Crippen LogP contribution in [0.25, 0.3) is 0 Å². The van der Waals surface area contributed by atoms with Gasteiger partial charge in [0.1, 0.15) is 5.75 Å². The summed E-state index contributed by atoms with van der Waals surface area (Å²) in [7, 11) is 0. The van der Waals surface area contributed by atoms with E-state index < -0.39 is 0 Å². The third-order valence-electron chi connectivity index (χ3n) is 5.12. The average molecular weight is 388 g/mol. The maximum atomic E-state index is 12.5. The molecule has 28 heavy (non-hydrogen) atoms. The molecule has 0 radical (unpaired) electrons. The highest BCUT2D eigenvalue weighted by molar-refractivity contribution is 5.94. The summed E-state index contributed by atoms with van der Waals surface area (Å²) in [6, 6.07) is 6.68. The minimum atomic E-state index is -0.385. The lowest BCUT2D eigenvalue weighted by atomic mass is 10.00. The Bertz CT molecular complexity index is 756. The highest BCUT2D eigenvalue weighted by Gasteiger charge is 2.32. The van der Waals surface area contributed by atoms with Crippen molar-refractivity contribution in [1.82, 2.24) is 15.5 Å². The molecule has 3 N–H and O–H groups in total. The number of phenolic OH excluding ortho intramolecular Hbond substituents is 1. The number of phenols is 1. The van der Waals surface area contributed by atoms with E-state index in [1.54, 1.807) is 13.0 Å². The van der Waals surface area contributed by atoms with Crippen molar-refractivity contribution in [3.05, 3.63) is 35.5 Å². The van der Waals surface area contributed by atoms with Gasteiger partial charge in [0.05, 0.1) is 23.9 Å². The number of hydrogen-bond donors (Lipinski definition) is 3. The van der Waals surface area contributed by atoms with Gasteiger partial charge in [0, 0.05) is 38.4 Å². The Morgan fingerprint density at radius 3 is 2.57 bits per heavy atom. The van der Waals surface area contributed by atoms with Gasteiger partial charge in [0.25, 0.3) is 0 Å². The van der Waals surface area contributed by atoms with E-state index in [0.717, 1.165) is 31.9 Å². The van der Waals surface area contributed by atoms with Gasteiger partial charge in [-0.1, -0.05) is 19.1 Å². The number of nitrogens with zero attached hydrogens (tertiary/aromatic N) is 2. The van der Waals surface area contributed by atoms with Crippen LogP contribution < -0.4 is 15.5 Å². The first-order valence-corrected chi connectivity index (χ1v) is 9.76. The fourth-order valence-electron chi connectivity index (χ4n) is 3.69. The van der Waals surface area contributed by atoms with E-state index in [4.69, 9.17) is 4.74 Å². The van der Waals surface area contributed by atoms with Crippen molar-refractivity contribution in [3.8, 4) is 5.75 Å². The van der Waals surface area contributed by atoms with E-state index in [9.17, 15) is 14.7 Å². The zero-order valence-electron chi connectivity index (χ0n) is 16.4. The van der Waals surface area contributed by atoms with Gasteiger partial charge in [-0.05, 0) is 25.5 Å². The predicted molar refractivity (Wildman–Crippen MR) is 106 cm³/mol. The third kappa shape index (κ3) is 4.39. The summed E-state index contributed by atoms with van der Waals surface area (Å²) >= 11 is 0. The maximum Gasteiger partial charge on any atom is 0.337 e. The summed E-state index contributed by atoms with van der Waals surface area (Å²) < 4.78 is 5.21. The Labute approximate surface area is 165 Å². The van der Waals surface area contributed by atoms with Gasteiger partial charge in [0.15, 0.2) is 0 Å². The van der Waals surface area contributed by atoms with E-state index in [2.05, 4.69) is 20.4 Å². The van der Waals surface area contributed by atoms with Crippen molar-refractivity contribution in [2.45, 2.75) is 26.3 Å². The molecule has 152 valence electrons. The molecule has 1 aromatic rings. The van der Waals surface area contributed by atoms with Crippen molar-refractivity contribution >= 4 is 17.7 Å². The predicted octanol–water partition coefficient (Wildman–Crippen LogP) is 1.42. The van der Waals surface area contributed by atoms with Crippen LogP contribution in [-0.4, -0.2) is 67.4 Å². The van der Waals surface area contributed by atoms with Crippen LogP contribution in [-0.2, 0) is 9.53 Å². The highest BCUT2D eigenvalue weighted by atomic mass is 16.5. The Hall–Kier alpha value is -2.74. The van der Waals surface area contributed by atoms with E-state index in [-0.39, 0.29) is 23.8 Å². The lowest BCUT2D eigenvalue weighted by Gasteiger charge is -2.38. The molecule has 3 rings (SSSR count). The second-order valence-electron chi connectivity index (χ2n) is 6.92. The van der Waals surface area contributed by atoms with E-state index >= 15 is 0 Å². The first-order valence-electron chi connectivity index (χ1n) is 9.76. The Morgan fingerprint density at radius 2 is 1.93 bits per heavy atom. The standard InChI is InChI=1S/C20H28N4O4/c1-3-14-18(19(26)28-4-2)15(22-20(27)21-14)13-23-9-11-24(12-10-23)16-7-5-6-8-17(16)25/h5-8,14,25H,3-4,9-13H2,1-2H3,(H2,21,22,27)/t14-/m0/s1. The van der Waals surface area contributed by atoms with Gasteiger partial charge in [-0.15, -0.1) is 0 Å². The van der Waals surface area contributed by atoms with E-state index in [1.165, 1.54) is 0 Å². The summed E-state index contributed by atoms with van der Waals surface area (Å²) in [6.45, 7) is 7.49. The Kier molecular flexibility index (Phi) is 6.41. The number of para-hydroxylation sites is 2. The molecule has 0 spiro atoms. The molecule has 8 nitrogen and oxygen atoms in total. The van der Waals surface area contributed by atoms with Crippen LogP contribution in [0.1, 0.15) is 20.3 Å². The van der Waals surface area contributed by atoms with Gasteiger partial charge >= 0.3 is 12.0 Å². The lowest BCUT2D eigenvalue weighted by Crippen LogP contribution is -2.54. The normalized spacial score (nSPS) is 20.6. The molecule has 0 unspecified atom stereocenters. The molecular weight excluding hydrogens is 360 g/mol. The number of esters is 1. The molecule has 0 saturated carbocycles. The molecule has 1 fully saturated rings. The number of carbonyl (C=O) groups excluding carboxylic acids is 2. The second kappa shape index (κ2) is 8.97. The zero-order chi connectivity index (χ0) is 20.1. The quantitative estimate of drug-likeness (QED) is 0.638. The van der Waals surface area contributed by atoms with E-state index in [1.807, 2.05) is 25.1 Å². The minimum Gasteiger partial charge on any atom is -0.506 e. The number of ether oxygens (including phenoxy) is 1. The highest BCUT2D eigenvalue weighted by Crippen LogP contribution is 2.27. The number of carbonyl (C=O) groups is 2. The summed E-state index contributed by atoms with van der Waals surface area (Å²) in [5.74, 6) is -0.107. The number of anilines is 1. The molecule has 2 heterocycles. The van der Waals surface area contributed by atoms with Gasteiger partial charge < -0.3 is 25.4 Å². The molecule has 2 aliphatic heterocycles. The van der Waals surface area contributed by atoms with Crippen molar-refractivity contribution in [2.24, 2.45) is 0 Å². The smallest absolute Gasteiger partial charge is 0.337 e. The fourth-order valence-corrected chi connectivity index (χ4v) is 3.69. The third-order valence-corrected chi connectivity index (χ3v) is 5.12. The monoisotopic (exact) mass is 388 g/mol. The number of rotatable bonds is 6. The lowest BCUT2D eigenvalue weighted by molar-refractivity contribution is -0.139. The fraction of sp³-hybridized carbons (Fsp3) is 0.500. The van der Waals surface area contributed by atoms with Crippen molar-refractivity contribution in [1.29, 1.82) is 0 Å². The maximum absolute atomic E-state index is 12.5. The van der Waals surface area contributed by atoms with Crippen molar-refractivity contribution in [3.63, 3.8) is 0 Å². The molecule has 0 aromatic heterocycles. The summed E-state index contributed by atoms with van der Waals surface area (Å²) in [5, 5.41) is 15.7. The van der Waals surface area contributed by atoms with Crippen LogP contribution in [0.2, 0.25) is 0 Å². The number of urea groups is 1. The van der Waals surface area contributed by atoms with Crippen LogP contribution in [0.3, 0.4) is 0 Å². The number of aromatic hydroxyl groups is 1. The molecule has 2 amide bonds. The average Bonchev–Trinajstić information content (AvgIpc) is 2.68. The van der Waals surface area contributed by atoms with Crippen LogP contribution >= 0.6 is 0 Å². The Morgan fingerprint density at radius 1 is 1.21 bits per heavy atom. The molecule has 2 aliphatic rings. The minimum absolute atomic E-state index is 0.277. The van der Waals surface area contributed by atoms with Gasteiger partial charge in [-0.25, -0.2) is 9.59 Å². The van der Waals surface area contributed by atoms with Crippen LogP contribution in [0.5, 0.6) is 5.75 Å². The number of benzene rings is 1. The molecule has 1 aromatic carbocycles. The van der Waals surface area contributed by atoms with Gasteiger partial charge in [-0.2, -0.15) is 0 Å². The zero-order valence-corrected chi connectivity index (χ0v) is 16.4. The summed E-state index contributed by atoms with van der Waals surface area (Å²) in [5.41, 5.74) is 1.95. The first-order chi connectivity index (χ1) is 13.5. The first kappa shape index (κ1) is 20.0. The molecule has 8 heteroatoms. The van der Waals surface area contributed by atoms with Crippen molar-refractivity contribution in [2.75, 3.05) is 44.2 Å². The summed E-state index contributed by atoms with van der Waals surface area (Å²) in [4.78, 5) is 28.8. The second-order valence-corrected chi connectivity index (χ2v) is 6.92. The molecular formula is C20H28N4O4. The SMILES string of the molecule is CCOC(=O)C1=C(CN2CCN(c3ccccc3O)CC2)NC(=O)N[C@H]1CC. The van der Waals surface area contributed by atoms with Crippen LogP contribution in [0, 0.1) is 0 Å². The number of piperazine rings is 1. The molecule has 0 aliphatic carbocycles. The van der Waals surface area contributed by atoms with Crippen molar-refractivity contribution < 1.29 is 19.4 Å².